The molecule has 1 fully saturated rings. The highest BCUT2D eigenvalue weighted by Crippen LogP contribution is 2.11. The molecule has 1 amide bonds. The molecule has 1 heterocycles. The molecule has 0 N–H and O–H groups in total. The fourth-order valence-corrected chi connectivity index (χ4v) is 2.45. The van der Waals surface area contributed by atoms with Crippen molar-refractivity contribution in [1.29, 1.82) is 5.26 Å². The molecular weight excluding hydrogens is 304 g/mol. The second-order valence-electron chi connectivity index (χ2n) is 5.31. The maximum atomic E-state index is 13.3. The Balaban J connectivity index is 2.03. The molecule has 0 atom stereocenters. The highest BCUT2D eigenvalue weighted by atomic mass is 19.1. The Morgan fingerprint density at radius 1 is 1.22 bits per heavy atom. The van der Waals surface area contributed by atoms with Gasteiger partial charge in [-0.05, 0) is 12.1 Å². The molecular formula is C16H19F2N3O2. The average Bonchev–Trinajstić information content (AvgIpc) is 2.54. The maximum absolute atomic E-state index is 13.3. The van der Waals surface area contributed by atoms with Crippen LogP contribution in [0.5, 0.6) is 0 Å². The van der Waals surface area contributed by atoms with E-state index in [4.69, 9.17) is 10.00 Å². The summed E-state index contributed by atoms with van der Waals surface area (Å²) in [7, 11) is 0. The van der Waals surface area contributed by atoms with Gasteiger partial charge in [-0.2, -0.15) is 5.26 Å². The minimum absolute atomic E-state index is 0.0394. The Kier molecular flexibility index (Phi) is 6.44. The van der Waals surface area contributed by atoms with Crippen molar-refractivity contribution >= 4 is 5.91 Å². The number of nitrogens with zero attached hydrogens (tertiary/aromatic N) is 3. The molecule has 2 rings (SSSR count). The molecule has 0 saturated carbocycles. The van der Waals surface area contributed by atoms with Gasteiger partial charge in [0, 0.05) is 44.4 Å². The van der Waals surface area contributed by atoms with E-state index in [2.05, 4.69) is 4.90 Å². The average molecular weight is 323 g/mol. The third kappa shape index (κ3) is 5.27. The van der Waals surface area contributed by atoms with Crippen LogP contribution in [0.2, 0.25) is 0 Å². The van der Waals surface area contributed by atoms with Crippen molar-refractivity contribution in [2.24, 2.45) is 0 Å². The van der Waals surface area contributed by atoms with Crippen molar-refractivity contribution in [2.45, 2.75) is 6.42 Å². The number of amides is 1. The van der Waals surface area contributed by atoms with Gasteiger partial charge in [0.25, 0.3) is 5.91 Å². The van der Waals surface area contributed by atoms with Gasteiger partial charge in [0.2, 0.25) is 0 Å². The first kappa shape index (κ1) is 17.3. The van der Waals surface area contributed by atoms with Crippen LogP contribution in [0.4, 0.5) is 8.78 Å². The number of rotatable bonds is 6. The van der Waals surface area contributed by atoms with Crippen LogP contribution in [0.3, 0.4) is 0 Å². The number of halogens is 2. The largest absolute Gasteiger partial charge is 0.379 e. The zero-order valence-electron chi connectivity index (χ0n) is 12.8. The zero-order valence-corrected chi connectivity index (χ0v) is 12.8. The summed E-state index contributed by atoms with van der Waals surface area (Å²) in [5.74, 6) is -2.05. The number of hydrogen-bond donors (Lipinski definition) is 0. The van der Waals surface area contributed by atoms with Gasteiger partial charge in [-0.25, -0.2) is 8.78 Å². The van der Waals surface area contributed by atoms with Crippen LogP contribution >= 0.6 is 0 Å². The van der Waals surface area contributed by atoms with Gasteiger partial charge in [0.15, 0.2) is 0 Å². The Morgan fingerprint density at radius 2 is 1.87 bits per heavy atom. The maximum Gasteiger partial charge on any atom is 0.254 e. The lowest BCUT2D eigenvalue weighted by Crippen LogP contribution is -2.43. The molecule has 1 aromatic carbocycles. The van der Waals surface area contributed by atoms with E-state index < -0.39 is 17.5 Å². The molecule has 7 heteroatoms. The number of hydrogen-bond acceptors (Lipinski definition) is 4. The van der Waals surface area contributed by atoms with Crippen molar-refractivity contribution in [1.82, 2.24) is 9.80 Å². The topological polar surface area (TPSA) is 56.6 Å². The molecule has 1 aliphatic rings. The van der Waals surface area contributed by atoms with E-state index in [0.29, 0.717) is 26.3 Å². The van der Waals surface area contributed by atoms with Gasteiger partial charge in [-0.3, -0.25) is 9.69 Å². The van der Waals surface area contributed by atoms with E-state index in [0.717, 1.165) is 31.3 Å². The van der Waals surface area contributed by atoms with Crippen LogP contribution in [0.15, 0.2) is 18.2 Å². The smallest absolute Gasteiger partial charge is 0.254 e. The Labute approximate surface area is 134 Å². The standard InChI is InChI=1S/C16H19F2N3O2/c17-14-10-13(11-15(18)12-14)16(22)21(3-1-2-19)5-4-20-6-8-23-9-7-20/h10-12H,1,3-9H2. The quantitative estimate of drug-likeness (QED) is 0.799. The van der Waals surface area contributed by atoms with Crippen LogP contribution in [0.1, 0.15) is 16.8 Å². The number of morpholine rings is 1. The summed E-state index contributed by atoms with van der Waals surface area (Å²) in [6.45, 7) is 4.15. The molecule has 1 saturated heterocycles. The minimum atomic E-state index is -0.790. The molecule has 0 radical (unpaired) electrons. The summed E-state index contributed by atoms with van der Waals surface area (Å²) in [4.78, 5) is 16.1. The fraction of sp³-hybridized carbons (Fsp3) is 0.500. The monoisotopic (exact) mass is 323 g/mol. The predicted octanol–water partition coefficient (Wildman–Crippen LogP) is 1.65. The summed E-state index contributed by atoms with van der Waals surface area (Å²) in [5.41, 5.74) is -0.0394. The van der Waals surface area contributed by atoms with Crippen molar-refractivity contribution in [3.8, 4) is 6.07 Å². The highest BCUT2D eigenvalue weighted by molar-refractivity contribution is 5.94. The Hall–Kier alpha value is -2.04. The predicted molar refractivity (Wildman–Crippen MR) is 79.8 cm³/mol. The SMILES string of the molecule is N#CCCN(CCN1CCOCC1)C(=O)c1cc(F)cc(F)c1. The molecule has 0 spiro atoms. The number of carbonyl (C=O) groups is 1. The normalized spacial score (nSPS) is 15.2. The van der Waals surface area contributed by atoms with Crippen molar-refractivity contribution in [2.75, 3.05) is 45.9 Å². The van der Waals surface area contributed by atoms with E-state index in [-0.39, 0.29) is 18.5 Å². The van der Waals surface area contributed by atoms with E-state index in [9.17, 15) is 13.6 Å². The number of carbonyl (C=O) groups excluding carboxylic acids is 1. The molecule has 0 bridgehead atoms. The van der Waals surface area contributed by atoms with Crippen molar-refractivity contribution in [3.63, 3.8) is 0 Å². The first-order valence-electron chi connectivity index (χ1n) is 7.52. The lowest BCUT2D eigenvalue weighted by Gasteiger charge is -2.30. The molecule has 0 aromatic heterocycles. The first-order chi connectivity index (χ1) is 11.1. The lowest BCUT2D eigenvalue weighted by molar-refractivity contribution is 0.0326. The van der Waals surface area contributed by atoms with Gasteiger partial charge in [-0.1, -0.05) is 0 Å². The summed E-state index contributed by atoms with van der Waals surface area (Å²) in [6, 6.07) is 4.74. The van der Waals surface area contributed by atoms with E-state index in [1.165, 1.54) is 4.90 Å². The lowest BCUT2D eigenvalue weighted by atomic mass is 10.1. The van der Waals surface area contributed by atoms with E-state index in [1.807, 2.05) is 6.07 Å². The van der Waals surface area contributed by atoms with Crippen LogP contribution in [0.25, 0.3) is 0 Å². The zero-order chi connectivity index (χ0) is 16.7. The van der Waals surface area contributed by atoms with E-state index in [1.54, 1.807) is 0 Å². The second kappa shape index (κ2) is 8.56. The number of benzene rings is 1. The number of ether oxygens (including phenoxy) is 1. The summed E-state index contributed by atoms with van der Waals surface area (Å²) >= 11 is 0. The summed E-state index contributed by atoms with van der Waals surface area (Å²) in [5, 5.41) is 8.74. The molecule has 1 aliphatic heterocycles. The summed E-state index contributed by atoms with van der Waals surface area (Å²) < 4.78 is 31.9. The fourth-order valence-electron chi connectivity index (χ4n) is 2.45. The third-order valence-electron chi connectivity index (χ3n) is 3.68. The Morgan fingerprint density at radius 3 is 2.48 bits per heavy atom. The second-order valence-corrected chi connectivity index (χ2v) is 5.31. The van der Waals surface area contributed by atoms with Gasteiger partial charge >= 0.3 is 0 Å². The molecule has 23 heavy (non-hydrogen) atoms. The van der Waals surface area contributed by atoms with Crippen LogP contribution in [-0.2, 0) is 4.74 Å². The van der Waals surface area contributed by atoms with E-state index >= 15 is 0 Å². The van der Waals surface area contributed by atoms with Gasteiger partial charge in [-0.15, -0.1) is 0 Å². The molecule has 1 aromatic rings. The molecule has 0 aliphatic carbocycles. The first-order valence-corrected chi connectivity index (χ1v) is 7.52. The molecule has 5 nitrogen and oxygen atoms in total. The number of nitriles is 1. The Bertz CT molecular complexity index is 563. The molecule has 0 unspecified atom stereocenters. The van der Waals surface area contributed by atoms with Gasteiger partial charge in [0.1, 0.15) is 11.6 Å². The van der Waals surface area contributed by atoms with Gasteiger partial charge < -0.3 is 9.64 Å². The highest BCUT2D eigenvalue weighted by Gasteiger charge is 2.19. The van der Waals surface area contributed by atoms with Crippen LogP contribution < -0.4 is 0 Å². The van der Waals surface area contributed by atoms with Crippen LogP contribution in [0, 0.1) is 23.0 Å². The summed E-state index contributed by atoms with van der Waals surface area (Å²) in [6.07, 6.45) is 0.173. The van der Waals surface area contributed by atoms with Crippen LogP contribution in [-0.4, -0.2) is 61.6 Å². The van der Waals surface area contributed by atoms with Gasteiger partial charge in [0.05, 0.1) is 25.7 Å². The minimum Gasteiger partial charge on any atom is -0.379 e. The van der Waals surface area contributed by atoms with Crippen molar-refractivity contribution in [3.05, 3.63) is 35.4 Å². The third-order valence-corrected chi connectivity index (χ3v) is 3.68. The van der Waals surface area contributed by atoms with Crippen molar-refractivity contribution < 1.29 is 18.3 Å². The molecule has 124 valence electrons.